The number of ether oxygens (including phenoxy) is 1. The van der Waals surface area contributed by atoms with Crippen molar-refractivity contribution >= 4 is 17.4 Å². The summed E-state index contributed by atoms with van der Waals surface area (Å²) in [6.07, 6.45) is -4.41. The normalized spacial score (nSPS) is 11.2. The summed E-state index contributed by atoms with van der Waals surface area (Å²) < 4.78 is 43.5. The first-order chi connectivity index (χ1) is 13.6. The number of anilines is 2. The van der Waals surface area contributed by atoms with E-state index in [4.69, 9.17) is 10.5 Å². The molecule has 150 valence electrons. The number of hydrogen-bond acceptors (Lipinski definition) is 4. The predicted octanol–water partition coefficient (Wildman–Crippen LogP) is 5.34. The molecule has 29 heavy (non-hydrogen) atoms. The minimum Gasteiger partial charge on any atom is -0.457 e. The molecular weight excluding hydrogens is 383 g/mol. The van der Waals surface area contributed by atoms with Crippen molar-refractivity contribution in [2.75, 3.05) is 11.1 Å². The van der Waals surface area contributed by atoms with Crippen LogP contribution >= 0.6 is 0 Å². The second-order valence-corrected chi connectivity index (χ2v) is 6.43. The largest absolute Gasteiger partial charge is 0.457 e. The van der Waals surface area contributed by atoms with Crippen molar-refractivity contribution in [3.05, 3.63) is 77.0 Å². The van der Waals surface area contributed by atoms with E-state index in [9.17, 15) is 18.0 Å². The SMILES string of the molecule is Cc1cc(C(=O)Nc2cccc(Oc3ccc(C(F)(F)F)cc3)c2)c(N)nc1C. The van der Waals surface area contributed by atoms with Crippen LogP contribution < -0.4 is 15.8 Å². The Morgan fingerprint density at radius 3 is 2.38 bits per heavy atom. The molecule has 0 aliphatic carbocycles. The average Bonchev–Trinajstić information content (AvgIpc) is 2.64. The number of nitrogens with two attached hydrogens (primary N) is 1. The molecule has 8 heteroatoms. The molecule has 3 N–H and O–H groups in total. The molecule has 3 rings (SSSR count). The molecule has 0 aliphatic rings. The number of aryl methyl sites for hydroxylation is 2. The van der Waals surface area contributed by atoms with Crippen LogP contribution in [0.2, 0.25) is 0 Å². The number of carbonyl (C=O) groups is 1. The Kier molecular flexibility index (Phi) is 5.45. The lowest BCUT2D eigenvalue weighted by Crippen LogP contribution is -2.15. The van der Waals surface area contributed by atoms with Crippen LogP contribution in [0.15, 0.2) is 54.6 Å². The Balaban J connectivity index is 1.74. The number of rotatable bonds is 4. The van der Waals surface area contributed by atoms with Crippen molar-refractivity contribution in [1.82, 2.24) is 4.98 Å². The molecule has 0 bridgehead atoms. The molecule has 1 heterocycles. The molecule has 5 nitrogen and oxygen atoms in total. The average molecular weight is 401 g/mol. The molecule has 2 aromatic carbocycles. The molecule has 0 spiro atoms. The number of hydrogen-bond donors (Lipinski definition) is 2. The maximum absolute atomic E-state index is 12.6. The van der Waals surface area contributed by atoms with Crippen LogP contribution in [-0.4, -0.2) is 10.9 Å². The summed E-state index contributed by atoms with van der Waals surface area (Å²) in [6.45, 7) is 3.63. The van der Waals surface area contributed by atoms with E-state index in [0.717, 1.165) is 23.4 Å². The number of amides is 1. The molecule has 0 saturated carbocycles. The van der Waals surface area contributed by atoms with Crippen LogP contribution in [0.1, 0.15) is 27.2 Å². The van der Waals surface area contributed by atoms with E-state index in [-0.39, 0.29) is 17.1 Å². The molecule has 1 amide bonds. The van der Waals surface area contributed by atoms with Crippen LogP contribution in [-0.2, 0) is 6.18 Å². The second-order valence-electron chi connectivity index (χ2n) is 6.43. The number of aromatic nitrogens is 1. The predicted molar refractivity (Wildman–Crippen MR) is 104 cm³/mol. The molecule has 0 atom stereocenters. The van der Waals surface area contributed by atoms with Gasteiger partial charge in [0.1, 0.15) is 17.3 Å². The second kappa shape index (κ2) is 7.83. The summed E-state index contributed by atoms with van der Waals surface area (Å²) in [5.41, 5.74) is 7.36. The monoisotopic (exact) mass is 401 g/mol. The Hall–Kier alpha value is -3.55. The van der Waals surface area contributed by atoms with E-state index in [0.29, 0.717) is 11.4 Å². The fourth-order valence-corrected chi connectivity index (χ4v) is 2.59. The molecule has 3 aromatic rings. The molecule has 0 radical (unpaired) electrons. The van der Waals surface area contributed by atoms with Crippen molar-refractivity contribution in [2.45, 2.75) is 20.0 Å². The van der Waals surface area contributed by atoms with Crippen LogP contribution in [0, 0.1) is 13.8 Å². The minimum absolute atomic E-state index is 0.128. The van der Waals surface area contributed by atoms with Gasteiger partial charge in [0.25, 0.3) is 5.91 Å². The third-order valence-corrected chi connectivity index (χ3v) is 4.25. The van der Waals surface area contributed by atoms with Gasteiger partial charge in [-0.1, -0.05) is 6.07 Å². The number of pyridine rings is 1. The fourth-order valence-electron chi connectivity index (χ4n) is 2.59. The highest BCUT2D eigenvalue weighted by atomic mass is 19.4. The summed E-state index contributed by atoms with van der Waals surface area (Å²) in [5.74, 6) is 0.297. The molecule has 0 aliphatic heterocycles. The molecule has 0 unspecified atom stereocenters. The minimum atomic E-state index is -4.41. The Morgan fingerprint density at radius 2 is 1.72 bits per heavy atom. The number of nitrogens with zero attached hydrogens (tertiary/aromatic N) is 1. The number of nitrogen functional groups attached to an aromatic ring is 1. The van der Waals surface area contributed by atoms with Crippen molar-refractivity contribution in [2.24, 2.45) is 0 Å². The van der Waals surface area contributed by atoms with Gasteiger partial charge in [0.05, 0.1) is 11.1 Å². The third kappa shape index (κ3) is 4.84. The molecule has 0 saturated heterocycles. The van der Waals surface area contributed by atoms with E-state index in [2.05, 4.69) is 10.3 Å². The van der Waals surface area contributed by atoms with E-state index in [1.54, 1.807) is 37.3 Å². The van der Waals surface area contributed by atoms with Crippen molar-refractivity contribution < 1.29 is 22.7 Å². The first kappa shape index (κ1) is 20.2. The maximum Gasteiger partial charge on any atom is 0.416 e. The standard InChI is InChI=1S/C21H18F3N3O2/c1-12-10-18(19(25)26-13(12)2)20(28)27-15-4-3-5-17(11-15)29-16-8-6-14(7-9-16)21(22,23)24/h3-11H,1-2H3,(H2,25,26)(H,27,28). The van der Waals surface area contributed by atoms with Crippen LogP contribution in [0.5, 0.6) is 11.5 Å². The summed E-state index contributed by atoms with van der Waals surface area (Å²) in [6, 6.07) is 12.5. The smallest absolute Gasteiger partial charge is 0.416 e. The summed E-state index contributed by atoms with van der Waals surface area (Å²) in [5, 5.41) is 2.71. The van der Waals surface area contributed by atoms with E-state index < -0.39 is 17.6 Å². The maximum atomic E-state index is 12.6. The van der Waals surface area contributed by atoms with Gasteiger partial charge in [0, 0.05) is 17.4 Å². The van der Waals surface area contributed by atoms with Gasteiger partial charge in [0.15, 0.2) is 0 Å². The number of halogens is 3. The van der Waals surface area contributed by atoms with Crippen LogP contribution in [0.4, 0.5) is 24.7 Å². The lowest BCUT2D eigenvalue weighted by molar-refractivity contribution is -0.137. The van der Waals surface area contributed by atoms with Gasteiger partial charge in [-0.15, -0.1) is 0 Å². The topological polar surface area (TPSA) is 77.2 Å². The van der Waals surface area contributed by atoms with Crippen molar-refractivity contribution in [1.29, 1.82) is 0 Å². The molecular formula is C21H18F3N3O2. The van der Waals surface area contributed by atoms with Gasteiger partial charge in [-0.25, -0.2) is 4.98 Å². The van der Waals surface area contributed by atoms with Crippen LogP contribution in [0.3, 0.4) is 0 Å². The van der Waals surface area contributed by atoms with Gasteiger partial charge in [-0.3, -0.25) is 4.79 Å². The van der Waals surface area contributed by atoms with Gasteiger partial charge < -0.3 is 15.8 Å². The quantitative estimate of drug-likeness (QED) is 0.618. The lowest BCUT2D eigenvalue weighted by atomic mass is 10.1. The Morgan fingerprint density at radius 1 is 1.03 bits per heavy atom. The number of nitrogens with one attached hydrogen (secondary N) is 1. The summed E-state index contributed by atoms with van der Waals surface area (Å²) in [4.78, 5) is 16.7. The van der Waals surface area contributed by atoms with Gasteiger partial charge in [0.2, 0.25) is 0 Å². The summed E-state index contributed by atoms with van der Waals surface area (Å²) in [7, 11) is 0. The first-order valence-corrected chi connectivity index (χ1v) is 8.64. The zero-order valence-electron chi connectivity index (χ0n) is 15.7. The molecule has 0 fully saturated rings. The first-order valence-electron chi connectivity index (χ1n) is 8.64. The number of carbonyl (C=O) groups excluding carboxylic acids is 1. The lowest BCUT2D eigenvalue weighted by Gasteiger charge is -2.12. The van der Waals surface area contributed by atoms with Gasteiger partial charge in [-0.2, -0.15) is 13.2 Å². The van der Waals surface area contributed by atoms with E-state index in [1.165, 1.54) is 12.1 Å². The highest BCUT2D eigenvalue weighted by Gasteiger charge is 2.30. The third-order valence-electron chi connectivity index (χ3n) is 4.25. The summed E-state index contributed by atoms with van der Waals surface area (Å²) >= 11 is 0. The zero-order chi connectivity index (χ0) is 21.2. The highest BCUT2D eigenvalue weighted by Crippen LogP contribution is 2.31. The van der Waals surface area contributed by atoms with Gasteiger partial charge >= 0.3 is 6.18 Å². The van der Waals surface area contributed by atoms with Crippen molar-refractivity contribution in [3.63, 3.8) is 0 Å². The fraction of sp³-hybridized carbons (Fsp3) is 0.143. The van der Waals surface area contributed by atoms with Gasteiger partial charge in [-0.05, 0) is 61.9 Å². The van der Waals surface area contributed by atoms with Crippen LogP contribution in [0.25, 0.3) is 0 Å². The molecule has 1 aromatic heterocycles. The number of benzene rings is 2. The number of alkyl halides is 3. The van der Waals surface area contributed by atoms with E-state index in [1.807, 2.05) is 6.92 Å². The van der Waals surface area contributed by atoms with E-state index >= 15 is 0 Å². The Bertz CT molecular complexity index is 1050. The zero-order valence-corrected chi connectivity index (χ0v) is 15.7. The highest BCUT2D eigenvalue weighted by molar-refractivity contribution is 6.07. The Labute approximate surface area is 165 Å². The van der Waals surface area contributed by atoms with Crippen molar-refractivity contribution in [3.8, 4) is 11.5 Å².